The van der Waals surface area contributed by atoms with Gasteiger partial charge in [0, 0.05) is 25.7 Å². The lowest BCUT2D eigenvalue weighted by Crippen LogP contribution is -2.30. The molecule has 528 valence electrons. The van der Waals surface area contributed by atoms with Crippen LogP contribution in [0, 0.1) is 5.92 Å². The maximum atomic E-state index is 13.0. The highest BCUT2D eigenvalue weighted by Crippen LogP contribution is 2.45. The predicted octanol–water partition coefficient (Wildman–Crippen LogP) is 20.1. The third kappa shape index (κ3) is 64.6. The molecule has 0 aliphatic rings. The molecule has 0 aromatic rings. The second-order valence-corrected chi connectivity index (χ2v) is 28.7. The first-order valence-electron chi connectivity index (χ1n) is 36.6. The standard InChI is InChI=1S/C70H136O17P2/c1-6-9-12-15-18-20-22-24-26-27-28-30-32-34-36-39-45-50-55-69(74)86-65(60-81-68(73)54-49-44-38-35-33-31-29-25-23-21-19-16-13-10-7-2)61-84-88(76,77)82-57-64(71)58-83-89(78,79)85-62-66(59-80-67(72)53-48-43-37-17-14-11-8-3)87-70(75)56-51-46-41-40-42-47-52-63(4)5/h63-66,71H,6-62H2,1-5H3,(H,76,77)(H,78,79)/t64-,65-,66-/m1/s1. The van der Waals surface area contributed by atoms with E-state index in [0.29, 0.717) is 31.6 Å². The van der Waals surface area contributed by atoms with Crippen LogP contribution in [0.2, 0.25) is 0 Å². The normalized spacial score (nSPS) is 14.1. The van der Waals surface area contributed by atoms with Crippen LogP contribution >= 0.6 is 15.6 Å². The molecule has 0 radical (unpaired) electrons. The van der Waals surface area contributed by atoms with Crippen LogP contribution in [0.3, 0.4) is 0 Å². The number of carbonyl (C=O) groups excluding carboxylic acids is 4. The monoisotopic (exact) mass is 1310 g/mol. The summed E-state index contributed by atoms with van der Waals surface area (Å²) in [6, 6.07) is 0. The number of aliphatic hydroxyl groups is 1. The molecule has 0 fully saturated rings. The SMILES string of the molecule is CCCCCCCCCCCCCCCCCCCCC(=O)O[C@H](COC(=O)CCCCCCCCCCCCCCCCC)COP(=O)(O)OC[C@@H](O)COP(=O)(O)OC[C@@H](COC(=O)CCCCCCCCC)OC(=O)CCCCCCCCC(C)C. The van der Waals surface area contributed by atoms with Crippen molar-refractivity contribution in [1.29, 1.82) is 0 Å². The number of carbonyl (C=O) groups is 4. The first-order valence-corrected chi connectivity index (χ1v) is 39.6. The van der Waals surface area contributed by atoms with Gasteiger partial charge in [-0.15, -0.1) is 0 Å². The quantitative estimate of drug-likeness (QED) is 0.0222. The summed E-state index contributed by atoms with van der Waals surface area (Å²) >= 11 is 0. The lowest BCUT2D eigenvalue weighted by molar-refractivity contribution is -0.161. The molecule has 17 nitrogen and oxygen atoms in total. The van der Waals surface area contributed by atoms with Crippen LogP contribution in [0.4, 0.5) is 0 Å². The van der Waals surface area contributed by atoms with Gasteiger partial charge in [-0.3, -0.25) is 37.3 Å². The van der Waals surface area contributed by atoms with E-state index in [1.807, 2.05) is 0 Å². The maximum absolute atomic E-state index is 13.0. The minimum absolute atomic E-state index is 0.102. The Morgan fingerprint density at radius 1 is 0.303 bits per heavy atom. The van der Waals surface area contributed by atoms with Crippen molar-refractivity contribution in [2.75, 3.05) is 39.6 Å². The van der Waals surface area contributed by atoms with Crippen molar-refractivity contribution < 1.29 is 80.2 Å². The number of unbranched alkanes of at least 4 members (excludes halogenated alkanes) is 42. The Morgan fingerprint density at radius 3 is 0.764 bits per heavy atom. The third-order valence-corrected chi connectivity index (χ3v) is 18.2. The number of esters is 4. The van der Waals surface area contributed by atoms with Gasteiger partial charge < -0.3 is 33.8 Å². The van der Waals surface area contributed by atoms with Crippen molar-refractivity contribution in [2.24, 2.45) is 5.92 Å². The Balaban J connectivity index is 5.17. The lowest BCUT2D eigenvalue weighted by Gasteiger charge is -2.21. The molecule has 0 rings (SSSR count). The molecule has 0 aromatic carbocycles. The summed E-state index contributed by atoms with van der Waals surface area (Å²) < 4.78 is 68.1. The minimum Gasteiger partial charge on any atom is -0.462 e. The molecule has 19 heteroatoms. The number of hydrogen-bond acceptors (Lipinski definition) is 15. The van der Waals surface area contributed by atoms with E-state index in [0.717, 1.165) is 103 Å². The number of phosphoric ester groups is 2. The minimum atomic E-state index is -4.95. The van der Waals surface area contributed by atoms with E-state index < -0.39 is 97.5 Å². The predicted molar refractivity (Wildman–Crippen MR) is 358 cm³/mol. The molecule has 0 aromatic heterocycles. The summed E-state index contributed by atoms with van der Waals surface area (Å²) in [6.07, 6.45) is 50.3. The van der Waals surface area contributed by atoms with Gasteiger partial charge in [-0.25, -0.2) is 9.13 Å². The molecule has 0 heterocycles. The van der Waals surface area contributed by atoms with Gasteiger partial charge in [0.15, 0.2) is 12.2 Å². The fourth-order valence-electron chi connectivity index (χ4n) is 10.6. The zero-order valence-corrected chi connectivity index (χ0v) is 59.4. The number of hydrogen-bond donors (Lipinski definition) is 3. The molecule has 0 saturated heterocycles. The first kappa shape index (κ1) is 87.1. The van der Waals surface area contributed by atoms with E-state index in [-0.39, 0.29) is 25.7 Å². The van der Waals surface area contributed by atoms with Crippen LogP contribution in [0.1, 0.15) is 362 Å². The summed E-state index contributed by atoms with van der Waals surface area (Å²) in [5, 5.41) is 10.6. The summed E-state index contributed by atoms with van der Waals surface area (Å²) in [5.74, 6) is -1.46. The fraction of sp³-hybridized carbons (Fsp3) is 0.943. The maximum Gasteiger partial charge on any atom is 0.472 e. The van der Waals surface area contributed by atoms with E-state index >= 15 is 0 Å². The Bertz CT molecular complexity index is 1720. The van der Waals surface area contributed by atoms with Crippen molar-refractivity contribution in [3.8, 4) is 0 Å². The Labute approximate surface area is 543 Å². The van der Waals surface area contributed by atoms with Crippen molar-refractivity contribution in [1.82, 2.24) is 0 Å². The fourth-order valence-corrected chi connectivity index (χ4v) is 12.2. The van der Waals surface area contributed by atoms with Gasteiger partial charge >= 0.3 is 39.5 Å². The van der Waals surface area contributed by atoms with E-state index in [4.69, 9.17) is 37.0 Å². The van der Waals surface area contributed by atoms with Crippen LogP contribution in [-0.4, -0.2) is 96.7 Å². The van der Waals surface area contributed by atoms with Crippen molar-refractivity contribution in [3.63, 3.8) is 0 Å². The summed E-state index contributed by atoms with van der Waals surface area (Å²) in [6.45, 7) is 7.11. The number of rotatable bonds is 70. The smallest absolute Gasteiger partial charge is 0.462 e. The molecule has 2 unspecified atom stereocenters. The molecule has 0 amide bonds. The lowest BCUT2D eigenvalue weighted by atomic mass is 10.0. The van der Waals surface area contributed by atoms with E-state index in [1.54, 1.807) is 0 Å². The Kier molecular flexibility index (Phi) is 62.1. The summed E-state index contributed by atoms with van der Waals surface area (Å²) in [5.41, 5.74) is 0. The molecule has 0 bridgehead atoms. The molecule has 0 aliphatic carbocycles. The van der Waals surface area contributed by atoms with Gasteiger partial charge in [0.05, 0.1) is 26.4 Å². The van der Waals surface area contributed by atoms with E-state index in [9.17, 15) is 43.2 Å². The second-order valence-electron chi connectivity index (χ2n) is 25.7. The Hall–Kier alpha value is -1.94. The van der Waals surface area contributed by atoms with Crippen molar-refractivity contribution in [2.45, 2.75) is 380 Å². The summed E-state index contributed by atoms with van der Waals surface area (Å²) in [4.78, 5) is 72.3. The molecular formula is C70H136O17P2. The van der Waals surface area contributed by atoms with Gasteiger partial charge in [0.1, 0.15) is 19.3 Å². The van der Waals surface area contributed by atoms with E-state index in [2.05, 4.69) is 34.6 Å². The molecule has 5 atom stereocenters. The molecular weight excluding hydrogens is 1170 g/mol. The highest BCUT2D eigenvalue weighted by atomic mass is 31.2. The van der Waals surface area contributed by atoms with Crippen LogP contribution in [0.25, 0.3) is 0 Å². The van der Waals surface area contributed by atoms with Crippen molar-refractivity contribution in [3.05, 3.63) is 0 Å². The van der Waals surface area contributed by atoms with Gasteiger partial charge in [-0.05, 0) is 31.6 Å². The molecule has 0 spiro atoms. The zero-order chi connectivity index (χ0) is 65.6. The second kappa shape index (κ2) is 63.5. The number of aliphatic hydroxyl groups excluding tert-OH is 1. The average molecular weight is 1310 g/mol. The summed E-state index contributed by atoms with van der Waals surface area (Å²) in [7, 11) is -9.89. The first-order chi connectivity index (χ1) is 43.0. The van der Waals surface area contributed by atoms with Crippen molar-refractivity contribution >= 4 is 39.5 Å². The van der Waals surface area contributed by atoms with Crippen LogP contribution in [0.15, 0.2) is 0 Å². The average Bonchev–Trinajstić information content (AvgIpc) is 3.51. The van der Waals surface area contributed by atoms with Gasteiger partial charge in [0.25, 0.3) is 0 Å². The zero-order valence-electron chi connectivity index (χ0n) is 57.6. The van der Waals surface area contributed by atoms with Gasteiger partial charge in [0.2, 0.25) is 0 Å². The third-order valence-electron chi connectivity index (χ3n) is 16.3. The van der Waals surface area contributed by atoms with Crippen LogP contribution in [-0.2, 0) is 65.4 Å². The molecule has 0 saturated carbocycles. The molecule has 0 aliphatic heterocycles. The highest BCUT2D eigenvalue weighted by Gasteiger charge is 2.30. The van der Waals surface area contributed by atoms with Crippen LogP contribution < -0.4 is 0 Å². The van der Waals surface area contributed by atoms with Gasteiger partial charge in [-0.2, -0.15) is 0 Å². The topological polar surface area (TPSA) is 237 Å². The number of ether oxygens (including phenoxy) is 4. The van der Waals surface area contributed by atoms with E-state index in [1.165, 1.54) is 173 Å². The largest absolute Gasteiger partial charge is 0.472 e. The van der Waals surface area contributed by atoms with Crippen LogP contribution in [0.5, 0.6) is 0 Å². The van der Waals surface area contributed by atoms with Gasteiger partial charge in [-0.1, -0.05) is 311 Å². The number of phosphoric acid groups is 2. The molecule has 89 heavy (non-hydrogen) atoms. The Morgan fingerprint density at radius 2 is 0.517 bits per heavy atom. The molecule has 3 N–H and O–H groups in total. The highest BCUT2D eigenvalue weighted by molar-refractivity contribution is 7.47.